The third-order valence-corrected chi connectivity index (χ3v) is 4.06. The summed E-state index contributed by atoms with van der Waals surface area (Å²) in [5.41, 5.74) is 0. The maximum Gasteiger partial charge on any atom is 0.147 e. The molecule has 3 heteroatoms. The minimum absolute atomic E-state index is 0.163. The zero-order chi connectivity index (χ0) is 7.40. The lowest BCUT2D eigenvalue weighted by molar-refractivity contribution is -0.301. The van der Waals surface area contributed by atoms with Crippen molar-refractivity contribution in [3.05, 3.63) is 0 Å². The summed E-state index contributed by atoms with van der Waals surface area (Å²) in [6.07, 6.45) is 3.73. The Kier molecular flexibility index (Phi) is 3.06. The lowest BCUT2D eigenvalue weighted by atomic mass is 10.3. The number of aliphatic carboxylic acids is 1. The predicted molar refractivity (Wildman–Crippen MR) is 40.8 cm³/mol. The second kappa shape index (κ2) is 3.86. The number of hydrogen-bond donors (Lipinski definition) is 0. The third-order valence-electron chi connectivity index (χ3n) is 1.69. The average Bonchev–Trinajstić information content (AvgIpc) is 1.88. The molecule has 1 heterocycles. The molecule has 0 spiro atoms. The van der Waals surface area contributed by atoms with E-state index in [2.05, 4.69) is 0 Å². The highest BCUT2D eigenvalue weighted by atomic mass is 32.2. The minimum Gasteiger partial charge on any atom is -0.545 e. The monoisotopic (exact) mass is 160 g/mol. The van der Waals surface area contributed by atoms with Gasteiger partial charge in [0, 0.05) is 0 Å². The fourth-order valence-corrected chi connectivity index (χ4v) is 3.25. The Labute approximate surface area is 64.0 Å². The molecule has 1 rings (SSSR count). The van der Waals surface area contributed by atoms with Gasteiger partial charge < -0.3 is 9.90 Å². The summed E-state index contributed by atoms with van der Waals surface area (Å²) in [5, 5.41) is 10.2. The standard InChI is InChI=1S/C7H12O2S/c8-7(9)6-10-4-2-1-3-5-10/h1-6H2. The molecule has 0 bridgehead atoms. The first kappa shape index (κ1) is 7.92. The van der Waals surface area contributed by atoms with Gasteiger partial charge in [-0.15, -0.1) is 0 Å². The first-order chi connectivity index (χ1) is 4.79. The summed E-state index contributed by atoms with van der Waals surface area (Å²) in [6.45, 7) is 0. The second-order valence-electron chi connectivity index (χ2n) is 2.60. The van der Waals surface area contributed by atoms with Crippen molar-refractivity contribution in [3.8, 4) is 0 Å². The van der Waals surface area contributed by atoms with Gasteiger partial charge in [-0.2, -0.15) is 0 Å². The first-order valence-electron chi connectivity index (χ1n) is 3.63. The minimum atomic E-state index is -0.870. The van der Waals surface area contributed by atoms with Crippen molar-refractivity contribution < 1.29 is 9.90 Å². The Morgan fingerprint density at radius 1 is 1.30 bits per heavy atom. The molecule has 0 aromatic heterocycles. The predicted octanol–water partition coefficient (Wildman–Crippen LogP) is -0.462. The molecular formula is C7H12O2S. The zero-order valence-electron chi connectivity index (χ0n) is 5.97. The Hall–Kier alpha value is -0.180. The van der Waals surface area contributed by atoms with Gasteiger partial charge in [0.2, 0.25) is 0 Å². The molecule has 0 aromatic carbocycles. The summed E-state index contributed by atoms with van der Waals surface area (Å²) >= 11 is 0. The molecule has 1 fully saturated rings. The average molecular weight is 160 g/mol. The van der Waals surface area contributed by atoms with Crippen molar-refractivity contribution in [1.82, 2.24) is 0 Å². The van der Waals surface area contributed by atoms with Crippen molar-refractivity contribution in [2.45, 2.75) is 19.3 Å². The Morgan fingerprint density at radius 2 is 1.90 bits per heavy atom. The number of carboxylic acids is 1. The van der Waals surface area contributed by atoms with Crippen molar-refractivity contribution in [3.63, 3.8) is 0 Å². The Bertz CT molecular complexity index is 119. The van der Waals surface area contributed by atoms with Crippen molar-refractivity contribution in [2.24, 2.45) is 0 Å². The fourth-order valence-electron chi connectivity index (χ4n) is 1.20. The summed E-state index contributed by atoms with van der Waals surface area (Å²) in [4.78, 5) is 10.2. The van der Waals surface area contributed by atoms with E-state index in [-0.39, 0.29) is 10.9 Å². The van der Waals surface area contributed by atoms with Crippen molar-refractivity contribution >= 4 is 16.9 Å². The third kappa shape index (κ3) is 2.60. The number of carbonyl (C=O) groups is 1. The van der Waals surface area contributed by atoms with E-state index in [1.165, 1.54) is 19.3 Å². The normalized spacial score (nSPS) is 20.8. The van der Waals surface area contributed by atoms with Gasteiger partial charge >= 0.3 is 0 Å². The van der Waals surface area contributed by atoms with E-state index in [0.717, 1.165) is 11.5 Å². The lowest BCUT2D eigenvalue weighted by Gasteiger charge is -2.13. The fraction of sp³-hybridized carbons (Fsp3) is 0.857. The summed E-state index contributed by atoms with van der Waals surface area (Å²) < 4.78 is 0. The molecule has 0 aromatic rings. The van der Waals surface area contributed by atoms with Gasteiger partial charge in [0.25, 0.3) is 0 Å². The van der Waals surface area contributed by atoms with Gasteiger partial charge in [-0.3, -0.25) is 0 Å². The number of rotatable bonds is 2. The number of carboxylic acid groups (broad SMARTS) is 1. The van der Waals surface area contributed by atoms with Crippen LogP contribution in [0.1, 0.15) is 19.3 Å². The van der Waals surface area contributed by atoms with Gasteiger partial charge in [0.1, 0.15) is 17.3 Å². The second-order valence-corrected chi connectivity index (χ2v) is 4.93. The maximum atomic E-state index is 10.2. The van der Waals surface area contributed by atoms with Gasteiger partial charge in [-0.1, -0.05) is 0 Å². The Morgan fingerprint density at radius 3 is 2.40 bits per heavy atom. The van der Waals surface area contributed by atoms with Gasteiger partial charge in [0.05, 0.1) is 5.97 Å². The van der Waals surface area contributed by atoms with Crippen LogP contribution in [0.4, 0.5) is 0 Å². The highest BCUT2D eigenvalue weighted by molar-refractivity contribution is 7.97. The molecule has 0 saturated carbocycles. The molecule has 1 saturated heterocycles. The van der Waals surface area contributed by atoms with Crippen LogP contribution in [0.25, 0.3) is 0 Å². The van der Waals surface area contributed by atoms with E-state index in [0.29, 0.717) is 5.75 Å². The summed E-state index contributed by atoms with van der Waals surface area (Å²) in [6, 6.07) is 0. The maximum absolute atomic E-state index is 10.2. The van der Waals surface area contributed by atoms with Crippen LogP contribution in [0.15, 0.2) is 0 Å². The molecule has 10 heavy (non-hydrogen) atoms. The number of hydrogen-bond acceptors (Lipinski definition) is 2. The van der Waals surface area contributed by atoms with Crippen LogP contribution in [-0.2, 0) is 15.7 Å². The van der Waals surface area contributed by atoms with Crippen LogP contribution in [0.5, 0.6) is 0 Å². The quantitative estimate of drug-likeness (QED) is 0.513. The summed E-state index contributed by atoms with van der Waals surface area (Å²) in [7, 11) is 0.163. The van der Waals surface area contributed by atoms with E-state index in [1.807, 2.05) is 0 Å². The molecule has 1 aliphatic heterocycles. The Balaban J connectivity index is 2.19. The molecule has 1 aliphatic rings. The summed E-state index contributed by atoms with van der Waals surface area (Å²) in [5.74, 6) is 1.67. The molecule has 2 nitrogen and oxygen atoms in total. The molecular weight excluding hydrogens is 148 g/mol. The van der Waals surface area contributed by atoms with E-state index in [1.54, 1.807) is 0 Å². The van der Waals surface area contributed by atoms with E-state index in [9.17, 15) is 9.90 Å². The highest BCUT2D eigenvalue weighted by Crippen LogP contribution is 2.12. The van der Waals surface area contributed by atoms with E-state index < -0.39 is 5.97 Å². The smallest absolute Gasteiger partial charge is 0.147 e. The van der Waals surface area contributed by atoms with Crippen molar-refractivity contribution in [1.29, 1.82) is 0 Å². The van der Waals surface area contributed by atoms with Crippen LogP contribution < -0.4 is 5.11 Å². The van der Waals surface area contributed by atoms with Crippen LogP contribution in [0, 0.1) is 0 Å². The van der Waals surface area contributed by atoms with Crippen molar-refractivity contribution in [2.75, 3.05) is 17.3 Å². The first-order valence-corrected chi connectivity index (χ1v) is 5.36. The molecule has 0 amide bonds. The number of carbonyl (C=O) groups excluding carboxylic acids is 1. The van der Waals surface area contributed by atoms with Gasteiger partial charge in [-0.25, -0.2) is 0 Å². The van der Waals surface area contributed by atoms with E-state index in [4.69, 9.17) is 0 Å². The molecule has 58 valence electrons. The molecule has 0 radical (unpaired) electrons. The highest BCUT2D eigenvalue weighted by Gasteiger charge is 2.21. The molecule has 0 atom stereocenters. The van der Waals surface area contributed by atoms with Crippen LogP contribution >= 0.6 is 0 Å². The SMILES string of the molecule is O=C([O-])C[S+]1CCCCC1. The van der Waals surface area contributed by atoms with Crippen LogP contribution in [-0.4, -0.2) is 23.2 Å². The zero-order valence-corrected chi connectivity index (χ0v) is 6.78. The van der Waals surface area contributed by atoms with Crippen LogP contribution in [0.2, 0.25) is 0 Å². The van der Waals surface area contributed by atoms with E-state index >= 15 is 0 Å². The molecule has 0 N–H and O–H groups in total. The molecule has 0 aliphatic carbocycles. The van der Waals surface area contributed by atoms with Crippen LogP contribution in [0.3, 0.4) is 0 Å². The van der Waals surface area contributed by atoms with Gasteiger partial charge in [0.15, 0.2) is 0 Å². The largest absolute Gasteiger partial charge is 0.545 e. The van der Waals surface area contributed by atoms with Gasteiger partial charge in [-0.05, 0) is 30.2 Å². The topological polar surface area (TPSA) is 40.1 Å². The molecule has 0 unspecified atom stereocenters. The lowest BCUT2D eigenvalue weighted by Crippen LogP contribution is -2.34.